The molecule has 0 radical (unpaired) electrons. The zero-order valence-corrected chi connectivity index (χ0v) is 15.3. The average Bonchev–Trinajstić information content (AvgIpc) is 2.89. The van der Waals surface area contributed by atoms with Crippen LogP contribution in [0.5, 0.6) is 0 Å². The highest BCUT2D eigenvalue weighted by Crippen LogP contribution is 2.16. The molecule has 5 heteroatoms. The predicted molar refractivity (Wildman–Crippen MR) is 102 cm³/mol. The molecular weight excluding hydrogens is 326 g/mol. The molecule has 0 saturated carbocycles. The van der Waals surface area contributed by atoms with Crippen molar-refractivity contribution in [3.8, 4) is 0 Å². The predicted octanol–water partition coefficient (Wildman–Crippen LogP) is 4.06. The molecule has 0 aliphatic heterocycles. The second-order valence-electron chi connectivity index (χ2n) is 6.41. The molecule has 1 aromatic heterocycles. The van der Waals surface area contributed by atoms with Crippen LogP contribution in [0.15, 0.2) is 48.5 Å². The maximum Gasteiger partial charge on any atom is 0.278 e. The largest absolute Gasteiger partial charge is 0.322 e. The van der Waals surface area contributed by atoms with E-state index in [4.69, 9.17) is 0 Å². The number of rotatable bonds is 3. The first kappa shape index (κ1) is 17.6. The van der Waals surface area contributed by atoms with Crippen molar-refractivity contribution in [3.05, 3.63) is 82.2 Å². The Balaban J connectivity index is 1.77. The van der Waals surface area contributed by atoms with Crippen LogP contribution < -0.4 is 5.32 Å². The molecule has 132 valence electrons. The van der Waals surface area contributed by atoms with Crippen molar-refractivity contribution in [1.82, 2.24) is 9.78 Å². The summed E-state index contributed by atoms with van der Waals surface area (Å²) in [5.41, 5.74) is 5.48. The minimum atomic E-state index is -0.185. The molecule has 0 unspecified atom stereocenters. The maximum atomic E-state index is 12.6. The molecule has 5 nitrogen and oxygen atoms in total. The van der Waals surface area contributed by atoms with E-state index < -0.39 is 0 Å². The van der Waals surface area contributed by atoms with Crippen LogP contribution in [0, 0.1) is 27.7 Å². The molecule has 1 heterocycles. The molecule has 2 aromatic carbocycles. The van der Waals surface area contributed by atoms with Gasteiger partial charge in [-0.25, -0.2) is 4.68 Å². The van der Waals surface area contributed by atoms with Crippen molar-refractivity contribution in [3.63, 3.8) is 0 Å². The molecule has 0 atom stereocenters. The molecule has 3 rings (SSSR count). The van der Waals surface area contributed by atoms with Gasteiger partial charge in [0.05, 0.1) is 5.69 Å². The fraction of sp³-hybridized carbons (Fsp3) is 0.190. The van der Waals surface area contributed by atoms with Gasteiger partial charge in [-0.3, -0.25) is 9.59 Å². The number of hydrogen-bond acceptors (Lipinski definition) is 3. The summed E-state index contributed by atoms with van der Waals surface area (Å²) in [6, 6.07) is 14.2. The normalized spacial score (nSPS) is 10.6. The van der Waals surface area contributed by atoms with Crippen molar-refractivity contribution in [1.29, 1.82) is 0 Å². The Bertz CT molecular complexity index is 985. The van der Waals surface area contributed by atoms with E-state index in [1.54, 1.807) is 30.3 Å². The van der Waals surface area contributed by atoms with Gasteiger partial charge in [0, 0.05) is 22.5 Å². The molecule has 26 heavy (non-hydrogen) atoms. The van der Waals surface area contributed by atoms with Gasteiger partial charge in [0.2, 0.25) is 0 Å². The van der Waals surface area contributed by atoms with Gasteiger partial charge in [-0.05, 0) is 69.7 Å². The van der Waals surface area contributed by atoms with E-state index in [0.717, 1.165) is 22.5 Å². The summed E-state index contributed by atoms with van der Waals surface area (Å²) in [5.74, 6) is -0.364. The molecule has 0 fully saturated rings. The quantitative estimate of drug-likeness (QED) is 0.777. The van der Waals surface area contributed by atoms with Crippen molar-refractivity contribution in [2.45, 2.75) is 27.7 Å². The summed E-state index contributed by atoms with van der Waals surface area (Å²) in [4.78, 5) is 24.9. The Kier molecular flexibility index (Phi) is 4.71. The summed E-state index contributed by atoms with van der Waals surface area (Å²) < 4.78 is 1.42. The molecule has 0 spiro atoms. The topological polar surface area (TPSA) is 64.0 Å². The zero-order chi connectivity index (χ0) is 18.8. The lowest BCUT2D eigenvalue weighted by atomic mass is 10.1. The summed E-state index contributed by atoms with van der Waals surface area (Å²) in [6.45, 7) is 7.66. The smallest absolute Gasteiger partial charge is 0.278 e. The Morgan fingerprint density at radius 2 is 1.62 bits per heavy atom. The van der Waals surface area contributed by atoms with Crippen LogP contribution in [-0.2, 0) is 0 Å². The molecule has 3 aromatic rings. The fourth-order valence-corrected chi connectivity index (χ4v) is 2.73. The van der Waals surface area contributed by atoms with E-state index in [1.807, 2.05) is 45.9 Å². The number of aromatic nitrogens is 2. The Morgan fingerprint density at radius 3 is 2.19 bits per heavy atom. The minimum absolute atomic E-state index is 0.179. The Morgan fingerprint density at radius 1 is 0.923 bits per heavy atom. The number of carbonyl (C=O) groups is 2. The minimum Gasteiger partial charge on any atom is -0.322 e. The van der Waals surface area contributed by atoms with E-state index in [2.05, 4.69) is 10.4 Å². The zero-order valence-electron chi connectivity index (χ0n) is 15.3. The molecule has 0 aliphatic rings. The molecular formula is C21H21N3O2. The Labute approximate surface area is 152 Å². The lowest BCUT2D eigenvalue weighted by Gasteiger charge is -2.08. The number of nitrogens with zero attached hydrogens (tertiary/aromatic N) is 2. The van der Waals surface area contributed by atoms with E-state index in [0.29, 0.717) is 16.8 Å². The Hall–Kier alpha value is -3.21. The van der Waals surface area contributed by atoms with Gasteiger partial charge in [-0.2, -0.15) is 5.10 Å². The number of amides is 1. The number of aryl methyl sites for hydroxylation is 2. The monoisotopic (exact) mass is 347 g/mol. The second-order valence-corrected chi connectivity index (χ2v) is 6.41. The maximum absolute atomic E-state index is 12.6. The number of carbonyl (C=O) groups excluding carboxylic acids is 2. The van der Waals surface area contributed by atoms with Crippen LogP contribution >= 0.6 is 0 Å². The van der Waals surface area contributed by atoms with Gasteiger partial charge in [0.15, 0.2) is 0 Å². The average molecular weight is 347 g/mol. The van der Waals surface area contributed by atoms with Gasteiger partial charge in [0.25, 0.3) is 11.8 Å². The number of anilines is 1. The fourth-order valence-electron chi connectivity index (χ4n) is 2.73. The van der Waals surface area contributed by atoms with E-state index in [-0.39, 0.29) is 11.8 Å². The SMILES string of the molecule is Cc1cccc(C(=O)Nc2ccc(C(=O)n3nc(C)c(C)c3C)cc2)c1. The van der Waals surface area contributed by atoms with Gasteiger partial charge >= 0.3 is 0 Å². The first-order chi connectivity index (χ1) is 12.4. The highest BCUT2D eigenvalue weighted by molar-refractivity contribution is 6.04. The summed E-state index contributed by atoms with van der Waals surface area (Å²) in [6.07, 6.45) is 0. The third-order valence-corrected chi connectivity index (χ3v) is 4.52. The molecule has 0 aliphatic carbocycles. The summed E-state index contributed by atoms with van der Waals surface area (Å²) in [7, 11) is 0. The first-order valence-electron chi connectivity index (χ1n) is 8.42. The van der Waals surface area contributed by atoms with Gasteiger partial charge in [-0.15, -0.1) is 0 Å². The lowest BCUT2D eigenvalue weighted by Crippen LogP contribution is -2.16. The van der Waals surface area contributed by atoms with Crippen LogP contribution in [0.4, 0.5) is 5.69 Å². The van der Waals surface area contributed by atoms with Gasteiger partial charge in [-0.1, -0.05) is 17.7 Å². The first-order valence-corrected chi connectivity index (χ1v) is 8.42. The van der Waals surface area contributed by atoms with Crippen molar-refractivity contribution >= 4 is 17.5 Å². The van der Waals surface area contributed by atoms with Crippen LogP contribution in [-0.4, -0.2) is 21.6 Å². The van der Waals surface area contributed by atoms with Crippen molar-refractivity contribution in [2.24, 2.45) is 0 Å². The number of hydrogen-bond donors (Lipinski definition) is 1. The third kappa shape index (κ3) is 3.42. The van der Waals surface area contributed by atoms with Crippen molar-refractivity contribution < 1.29 is 9.59 Å². The van der Waals surface area contributed by atoms with Crippen LogP contribution in [0.1, 0.15) is 43.2 Å². The highest BCUT2D eigenvalue weighted by atomic mass is 16.2. The van der Waals surface area contributed by atoms with Gasteiger partial charge in [0.1, 0.15) is 0 Å². The standard InChI is InChI=1S/C21H21N3O2/c1-13-6-5-7-18(12-13)20(25)22-19-10-8-17(9-11-19)21(26)24-16(4)14(2)15(3)23-24/h5-12H,1-4H3,(H,22,25). The molecule has 1 N–H and O–H groups in total. The number of nitrogens with one attached hydrogen (secondary N) is 1. The summed E-state index contributed by atoms with van der Waals surface area (Å²) >= 11 is 0. The lowest BCUT2D eigenvalue weighted by molar-refractivity contribution is 0.0941. The molecule has 0 saturated heterocycles. The second kappa shape index (κ2) is 6.96. The van der Waals surface area contributed by atoms with Gasteiger partial charge < -0.3 is 5.32 Å². The van der Waals surface area contributed by atoms with Crippen molar-refractivity contribution in [2.75, 3.05) is 5.32 Å². The number of benzene rings is 2. The van der Waals surface area contributed by atoms with E-state index in [1.165, 1.54) is 4.68 Å². The molecule has 1 amide bonds. The summed E-state index contributed by atoms with van der Waals surface area (Å²) in [5, 5.41) is 7.15. The van der Waals surface area contributed by atoms with Crippen LogP contribution in [0.3, 0.4) is 0 Å². The van der Waals surface area contributed by atoms with E-state index >= 15 is 0 Å². The van der Waals surface area contributed by atoms with E-state index in [9.17, 15) is 9.59 Å². The highest BCUT2D eigenvalue weighted by Gasteiger charge is 2.15. The van der Waals surface area contributed by atoms with Crippen LogP contribution in [0.25, 0.3) is 0 Å². The van der Waals surface area contributed by atoms with Crippen LogP contribution in [0.2, 0.25) is 0 Å². The molecule has 0 bridgehead atoms. The third-order valence-electron chi connectivity index (χ3n) is 4.52.